The van der Waals surface area contributed by atoms with Crippen LogP contribution in [0.5, 0.6) is 0 Å². The highest BCUT2D eigenvalue weighted by Crippen LogP contribution is 2.41. The van der Waals surface area contributed by atoms with E-state index in [4.69, 9.17) is 0 Å². The lowest BCUT2D eigenvalue weighted by Gasteiger charge is -2.35. The Balaban J connectivity index is 1.24. The van der Waals surface area contributed by atoms with Gasteiger partial charge in [-0.05, 0) is 43.0 Å². The highest BCUT2D eigenvalue weighted by Gasteiger charge is 2.31. The molecule has 0 amide bonds. The van der Waals surface area contributed by atoms with Crippen molar-refractivity contribution in [3.05, 3.63) is 35.6 Å². The van der Waals surface area contributed by atoms with Crippen molar-refractivity contribution in [2.75, 3.05) is 36.5 Å². The summed E-state index contributed by atoms with van der Waals surface area (Å²) in [6, 6.07) is 2.10. The van der Waals surface area contributed by atoms with Crippen LogP contribution in [0.3, 0.4) is 0 Å². The van der Waals surface area contributed by atoms with Gasteiger partial charge in [0, 0.05) is 32.6 Å². The van der Waals surface area contributed by atoms with E-state index in [2.05, 4.69) is 36.3 Å². The molecule has 0 unspecified atom stereocenters. The molecule has 1 aliphatic heterocycles. The molecule has 146 valence electrons. The topological polar surface area (TPSA) is 58.0 Å². The highest BCUT2D eigenvalue weighted by molar-refractivity contribution is 7.16. The van der Waals surface area contributed by atoms with Crippen LogP contribution in [0.1, 0.15) is 37.3 Å². The summed E-state index contributed by atoms with van der Waals surface area (Å²) in [5, 5.41) is 3.20. The van der Waals surface area contributed by atoms with Crippen LogP contribution in [0, 0.1) is 11.7 Å². The first kappa shape index (κ1) is 17.7. The molecule has 6 nitrogen and oxygen atoms in total. The molecule has 0 aromatic carbocycles. The number of piperidine rings is 1. The average molecular weight is 399 g/mol. The number of thiophene rings is 1. The van der Waals surface area contributed by atoms with Gasteiger partial charge in [-0.15, -0.1) is 11.3 Å². The van der Waals surface area contributed by atoms with E-state index in [0.29, 0.717) is 23.3 Å². The quantitative estimate of drug-likeness (QED) is 0.651. The van der Waals surface area contributed by atoms with E-state index in [0.717, 1.165) is 61.4 Å². The molecular formula is C20H23FN6S. The summed E-state index contributed by atoms with van der Waals surface area (Å²) in [5.74, 6) is 2.05. The van der Waals surface area contributed by atoms with Crippen molar-refractivity contribution < 1.29 is 4.39 Å². The van der Waals surface area contributed by atoms with Gasteiger partial charge in [-0.25, -0.2) is 24.3 Å². The molecule has 2 fully saturated rings. The molecule has 8 heteroatoms. The van der Waals surface area contributed by atoms with Crippen molar-refractivity contribution in [1.29, 1.82) is 0 Å². The molecule has 3 aromatic heterocycles. The van der Waals surface area contributed by atoms with Gasteiger partial charge >= 0.3 is 0 Å². The third-order valence-corrected chi connectivity index (χ3v) is 6.63. The van der Waals surface area contributed by atoms with Crippen LogP contribution in [0.15, 0.2) is 24.1 Å². The second-order valence-electron chi connectivity index (χ2n) is 7.82. The van der Waals surface area contributed by atoms with E-state index >= 15 is 0 Å². The molecule has 4 heterocycles. The Bertz CT molecular complexity index is 980. The first-order chi connectivity index (χ1) is 13.7. The monoisotopic (exact) mass is 398 g/mol. The van der Waals surface area contributed by atoms with E-state index in [-0.39, 0.29) is 5.82 Å². The van der Waals surface area contributed by atoms with Crippen molar-refractivity contribution in [2.45, 2.75) is 31.6 Å². The number of hydrogen-bond acceptors (Lipinski definition) is 7. The summed E-state index contributed by atoms with van der Waals surface area (Å²) in [6.45, 7) is 2.73. The van der Waals surface area contributed by atoms with Gasteiger partial charge in [0.15, 0.2) is 11.6 Å². The molecule has 0 spiro atoms. The summed E-state index contributed by atoms with van der Waals surface area (Å²) < 4.78 is 14.8. The fourth-order valence-electron chi connectivity index (χ4n) is 4.11. The Morgan fingerprint density at radius 3 is 2.68 bits per heavy atom. The second kappa shape index (κ2) is 7.24. The maximum Gasteiger partial charge on any atom is 0.187 e. The lowest BCUT2D eigenvalue weighted by atomic mass is 9.96. The molecule has 0 N–H and O–H groups in total. The molecule has 1 saturated carbocycles. The van der Waals surface area contributed by atoms with Gasteiger partial charge in [0.25, 0.3) is 0 Å². The Kier molecular flexibility index (Phi) is 4.58. The van der Waals surface area contributed by atoms with Gasteiger partial charge in [0.05, 0.1) is 11.1 Å². The Morgan fingerprint density at radius 1 is 1.11 bits per heavy atom. The van der Waals surface area contributed by atoms with E-state index in [9.17, 15) is 4.39 Å². The molecule has 0 radical (unpaired) electrons. The summed E-state index contributed by atoms with van der Waals surface area (Å²) >= 11 is 1.65. The lowest BCUT2D eigenvalue weighted by Crippen LogP contribution is -2.38. The minimum atomic E-state index is -0.231. The number of rotatable bonds is 5. The first-order valence-corrected chi connectivity index (χ1v) is 10.7. The van der Waals surface area contributed by atoms with Crippen LogP contribution in [0.2, 0.25) is 0 Å². The molecule has 1 aliphatic carbocycles. The van der Waals surface area contributed by atoms with Crippen molar-refractivity contribution in [3.63, 3.8) is 0 Å². The van der Waals surface area contributed by atoms with Crippen molar-refractivity contribution >= 4 is 33.2 Å². The minimum absolute atomic E-state index is 0.231. The molecule has 0 atom stereocenters. The molecule has 28 heavy (non-hydrogen) atoms. The molecule has 3 aromatic rings. The van der Waals surface area contributed by atoms with E-state index in [1.807, 2.05) is 11.9 Å². The summed E-state index contributed by atoms with van der Waals surface area (Å²) in [6.07, 6.45) is 7.35. The third kappa shape index (κ3) is 3.30. The maximum absolute atomic E-state index is 14.8. The Morgan fingerprint density at radius 2 is 1.89 bits per heavy atom. The van der Waals surface area contributed by atoms with Crippen LogP contribution >= 0.6 is 11.3 Å². The Labute approximate surface area is 167 Å². The van der Waals surface area contributed by atoms with E-state index < -0.39 is 0 Å². The van der Waals surface area contributed by atoms with Gasteiger partial charge in [-0.1, -0.05) is 0 Å². The predicted molar refractivity (Wildman–Crippen MR) is 110 cm³/mol. The van der Waals surface area contributed by atoms with Crippen LogP contribution in [0.4, 0.5) is 16.0 Å². The molecule has 0 bridgehead atoms. The van der Waals surface area contributed by atoms with E-state index in [1.165, 1.54) is 6.33 Å². The second-order valence-corrected chi connectivity index (χ2v) is 8.71. The van der Waals surface area contributed by atoms with Crippen LogP contribution in [-0.2, 0) is 0 Å². The van der Waals surface area contributed by atoms with Crippen molar-refractivity contribution in [1.82, 2.24) is 19.9 Å². The van der Waals surface area contributed by atoms with Gasteiger partial charge in [-0.3, -0.25) is 0 Å². The summed E-state index contributed by atoms with van der Waals surface area (Å²) in [5.41, 5.74) is 0.593. The van der Waals surface area contributed by atoms with Crippen molar-refractivity contribution in [3.8, 4) is 0 Å². The van der Waals surface area contributed by atoms with Gasteiger partial charge < -0.3 is 9.80 Å². The number of aromatic nitrogens is 4. The third-order valence-electron chi connectivity index (χ3n) is 5.81. The van der Waals surface area contributed by atoms with E-state index in [1.54, 1.807) is 17.7 Å². The Hall–Kier alpha value is -2.35. The fourth-order valence-corrected chi connectivity index (χ4v) is 4.84. The van der Waals surface area contributed by atoms with Gasteiger partial charge in [0.1, 0.15) is 23.3 Å². The zero-order valence-corrected chi connectivity index (χ0v) is 16.7. The number of fused-ring (bicyclic) bond motifs is 1. The average Bonchev–Trinajstić information content (AvgIpc) is 3.44. The summed E-state index contributed by atoms with van der Waals surface area (Å²) in [7, 11) is 1.94. The normalized spacial score (nSPS) is 18.0. The molecule has 2 aliphatic rings. The molecular weight excluding hydrogens is 375 g/mol. The summed E-state index contributed by atoms with van der Waals surface area (Å²) in [4.78, 5) is 22.6. The largest absolute Gasteiger partial charge is 0.357 e. The van der Waals surface area contributed by atoms with Gasteiger partial charge in [0.2, 0.25) is 0 Å². The number of halogens is 1. The zero-order chi connectivity index (χ0) is 19.1. The smallest absolute Gasteiger partial charge is 0.187 e. The maximum atomic E-state index is 14.8. The molecule has 1 saturated heterocycles. The predicted octanol–water partition coefficient (Wildman–Crippen LogP) is 3.85. The standard InChI is InChI=1S/C20H23FN6S/c1-26(19-16(21)17(14-2-3-14)22-11-24-19)10-13-4-7-27(8-5-13)18-15-6-9-28-20(15)25-12-23-18/h6,9,11-14H,2-5,7-8,10H2,1H3. The number of hydrogen-bond donors (Lipinski definition) is 0. The van der Waals surface area contributed by atoms with Crippen molar-refractivity contribution in [2.24, 2.45) is 5.92 Å². The zero-order valence-electron chi connectivity index (χ0n) is 15.9. The fraction of sp³-hybridized carbons (Fsp3) is 0.500. The van der Waals surface area contributed by atoms with Crippen LogP contribution < -0.4 is 9.80 Å². The van der Waals surface area contributed by atoms with Crippen LogP contribution in [-0.4, -0.2) is 46.6 Å². The first-order valence-electron chi connectivity index (χ1n) is 9.85. The minimum Gasteiger partial charge on any atom is -0.357 e. The number of nitrogens with zero attached hydrogens (tertiary/aromatic N) is 6. The SMILES string of the molecule is CN(CC1CCN(c2ncnc3sccc23)CC1)c1ncnc(C2CC2)c1F. The molecule has 5 rings (SSSR count). The van der Waals surface area contributed by atoms with Gasteiger partial charge in [-0.2, -0.15) is 0 Å². The lowest BCUT2D eigenvalue weighted by molar-refractivity contribution is 0.405. The van der Waals surface area contributed by atoms with Crippen LogP contribution in [0.25, 0.3) is 10.2 Å². The highest BCUT2D eigenvalue weighted by atomic mass is 32.1. The number of anilines is 2.